The Labute approximate surface area is 292 Å². The lowest BCUT2D eigenvalue weighted by atomic mass is 10.1. The Morgan fingerprint density at radius 3 is 1.65 bits per heavy atom. The number of benzene rings is 3. The van der Waals surface area contributed by atoms with Crippen LogP contribution in [0.2, 0.25) is 0 Å². The van der Waals surface area contributed by atoms with Gasteiger partial charge in [0.05, 0.1) is 56.9 Å². The number of hydrogen-bond acceptors (Lipinski definition) is 10. The van der Waals surface area contributed by atoms with Gasteiger partial charge in [-0.2, -0.15) is 0 Å². The number of nitrogens with one attached hydrogen (secondary N) is 1. The van der Waals surface area contributed by atoms with E-state index in [-0.39, 0.29) is 11.5 Å². The molecular weight excluding hydrogens is 692 g/mol. The fourth-order valence-electron chi connectivity index (χ4n) is 4.54. The number of methoxy groups -OCH3 is 4. The molecule has 0 spiro atoms. The third kappa shape index (κ3) is 9.39. The maximum Gasteiger partial charge on any atom is 0.146 e. The number of fused-ring (bicyclic) bond motifs is 3. The first-order valence-electron chi connectivity index (χ1n) is 14.8. The fourth-order valence-corrected chi connectivity index (χ4v) is 4.95. The van der Waals surface area contributed by atoms with Crippen LogP contribution in [0.4, 0.5) is 0 Å². The number of phenolic OH excluding ortho intramolecular Hbond substituents is 2. The topological polar surface area (TPSA) is 150 Å². The van der Waals surface area contributed by atoms with Gasteiger partial charge in [0.1, 0.15) is 45.5 Å². The van der Waals surface area contributed by atoms with Gasteiger partial charge in [0, 0.05) is 53.4 Å². The predicted molar refractivity (Wildman–Crippen MR) is 192 cm³/mol. The molecule has 13 heteroatoms. The van der Waals surface area contributed by atoms with Crippen molar-refractivity contribution < 1.29 is 29.2 Å². The van der Waals surface area contributed by atoms with E-state index >= 15 is 0 Å². The molecule has 0 radical (unpaired) electrons. The van der Waals surface area contributed by atoms with Gasteiger partial charge in [-0.1, -0.05) is 0 Å². The molecule has 0 aliphatic carbocycles. The number of nitrogens with zero attached hydrogens (tertiary/aromatic N) is 5. The van der Waals surface area contributed by atoms with E-state index in [4.69, 9.17) is 24.1 Å². The molecule has 0 saturated heterocycles. The molecule has 0 fully saturated rings. The second kappa shape index (κ2) is 17.4. The van der Waals surface area contributed by atoms with E-state index in [2.05, 4.69) is 40.8 Å². The summed E-state index contributed by atoms with van der Waals surface area (Å²) in [5.41, 5.74) is 4.55. The quantitative estimate of drug-likeness (QED) is 0.151. The molecule has 3 aromatic carbocycles. The summed E-state index contributed by atoms with van der Waals surface area (Å²) in [6.07, 6.45) is 10.5. The molecule has 0 bridgehead atoms. The average molecular weight is 730 g/mol. The van der Waals surface area contributed by atoms with Gasteiger partial charge in [0.25, 0.3) is 0 Å². The highest BCUT2D eigenvalue weighted by atomic mass is 79.9. The van der Waals surface area contributed by atoms with Crippen molar-refractivity contribution in [2.75, 3.05) is 28.4 Å². The first-order valence-corrected chi connectivity index (χ1v) is 15.6. The van der Waals surface area contributed by atoms with Gasteiger partial charge in [-0.3, -0.25) is 9.97 Å². The number of H-pyrrole nitrogens is 1. The zero-order chi connectivity index (χ0) is 35.3. The highest BCUT2D eigenvalue weighted by Crippen LogP contribution is 2.33. The lowest BCUT2D eigenvalue weighted by Gasteiger charge is -2.08. The van der Waals surface area contributed by atoms with Gasteiger partial charge in [-0.05, 0) is 78.3 Å². The van der Waals surface area contributed by atoms with Crippen LogP contribution in [0.1, 0.15) is 11.4 Å². The van der Waals surface area contributed by atoms with E-state index < -0.39 is 0 Å². The second-order valence-corrected chi connectivity index (χ2v) is 11.1. The van der Waals surface area contributed by atoms with Gasteiger partial charge in [0.15, 0.2) is 0 Å². The molecule has 12 nitrogen and oxygen atoms in total. The van der Waals surface area contributed by atoms with Crippen molar-refractivity contribution in [1.29, 1.82) is 0 Å². The van der Waals surface area contributed by atoms with Crippen LogP contribution in [0.3, 0.4) is 0 Å². The number of halogens is 1. The van der Waals surface area contributed by atoms with Crippen LogP contribution in [0, 0.1) is 13.8 Å². The van der Waals surface area contributed by atoms with E-state index in [9.17, 15) is 5.11 Å². The summed E-state index contributed by atoms with van der Waals surface area (Å²) in [5.74, 6) is 3.25. The van der Waals surface area contributed by atoms with Crippen molar-refractivity contribution in [3.05, 3.63) is 114 Å². The first-order chi connectivity index (χ1) is 23.7. The largest absolute Gasteiger partial charge is 0.508 e. The lowest BCUT2D eigenvalue weighted by molar-refractivity contribution is 0.405. The van der Waals surface area contributed by atoms with Crippen LogP contribution in [0.25, 0.3) is 27.5 Å². The zero-order valence-electron chi connectivity index (χ0n) is 27.9. The summed E-state index contributed by atoms with van der Waals surface area (Å²) in [5, 5.41) is 20.2. The smallest absolute Gasteiger partial charge is 0.146 e. The SMILES string of the molecule is COc1cc(O)ccc1-n1cnc(C)c1.COc1cc(O)ccc1Br.COc1ccnc2c1ccc1c(OC)ccnc12.Cc1cnc[nH]1. The zero-order valence-corrected chi connectivity index (χ0v) is 29.5. The Bertz CT molecular complexity index is 2040. The molecule has 0 saturated carbocycles. The number of aromatic amines is 1. The summed E-state index contributed by atoms with van der Waals surface area (Å²) in [7, 11) is 6.43. The minimum absolute atomic E-state index is 0.187. The second-order valence-electron chi connectivity index (χ2n) is 10.2. The van der Waals surface area contributed by atoms with E-state index in [1.165, 1.54) is 0 Å². The van der Waals surface area contributed by atoms with Crippen LogP contribution in [0.5, 0.6) is 34.5 Å². The van der Waals surface area contributed by atoms with Crippen molar-refractivity contribution in [2.24, 2.45) is 0 Å². The maximum atomic E-state index is 9.32. The van der Waals surface area contributed by atoms with E-state index in [0.29, 0.717) is 11.5 Å². The molecule has 3 N–H and O–H groups in total. The van der Waals surface area contributed by atoms with Gasteiger partial charge in [0.2, 0.25) is 0 Å². The first kappa shape index (κ1) is 36.0. The normalized spacial score (nSPS) is 10.1. The van der Waals surface area contributed by atoms with Gasteiger partial charge >= 0.3 is 0 Å². The lowest BCUT2D eigenvalue weighted by Crippen LogP contribution is -1.94. The molecule has 0 amide bonds. The van der Waals surface area contributed by atoms with E-state index in [0.717, 1.165) is 54.9 Å². The average Bonchev–Trinajstić information content (AvgIpc) is 3.79. The number of phenols is 2. The number of aryl methyl sites for hydroxylation is 2. The molecule has 4 heterocycles. The molecule has 0 aliphatic rings. The predicted octanol–water partition coefficient (Wildman–Crippen LogP) is 7.58. The summed E-state index contributed by atoms with van der Waals surface area (Å²) in [4.78, 5) is 19.6. The number of aromatic hydroxyl groups is 2. The maximum absolute atomic E-state index is 9.32. The number of aromatic nitrogens is 6. The molecule has 0 aliphatic heterocycles. The summed E-state index contributed by atoms with van der Waals surface area (Å²) < 4.78 is 23.5. The minimum atomic E-state index is 0.187. The number of hydrogen-bond donors (Lipinski definition) is 3. The molecule has 4 aromatic heterocycles. The molecule has 7 aromatic rings. The molecule has 7 rings (SSSR count). The van der Waals surface area contributed by atoms with Gasteiger partial charge < -0.3 is 38.7 Å². The Kier molecular flexibility index (Phi) is 12.8. The molecule has 0 atom stereocenters. The Morgan fingerprint density at radius 1 is 0.673 bits per heavy atom. The summed E-state index contributed by atoms with van der Waals surface area (Å²) >= 11 is 3.25. The Morgan fingerprint density at radius 2 is 1.22 bits per heavy atom. The van der Waals surface area contributed by atoms with Crippen molar-refractivity contribution in [2.45, 2.75) is 13.8 Å². The molecule has 49 heavy (non-hydrogen) atoms. The van der Waals surface area contributed by atoms with Crippen molar-refractivity contribution in [3.8, 4) is 40.2 Å². The Balaban J connectivity index is 0.000000157. The van der Waals surface area contributed by atoms with Crippen LogP contribution < -0.4 is 18.9 Å². The highest BCUT2D eigenvalue weighted by Gasteiger charge is 2.10. The molecular formula is C36H37BrN6O6. The third-order valence-electron chi connectivity index (χ3n) is 6.90. The van der Waals surface area contributed by atoms with Crippen molar-refractivity contribution in [1.82, 2.24) is 29.5 Å². The molecule has 254 valence electrons. The van der Waals surface area contributed by atoms with Gasteiger partial charge in [-0.25, -0.2) is 9.97 Å². The van der Waals surface area contributed by atoms with Crippen molar-refractivity contribution in [3.63, 3.8) is 0 Å². The monoisotopic (exact) mass is 728 g/mol. The fraction of sp³-hybridized carbons (Fsp3) is 0.167. The van der Waals surface area contributed by atoms with Crippen LogP contribution in [0.15, 0.2) is 103 Å². The molecule has 0 unspecified atom stereocenters. The highest BCUT2D eigenvalue weighted by molar-refractivity contribution is 9.10. The number of rotatable bonds is 5. The standard InChI is InChI=1S/C14H12N2O2.C11H12N2O2.C7H7BrO2.C4H6N2/c1-17-11-5-7-15-13-9(11)3-4-10-12(18-2)6-8-16-14(10)13;1-8-6-13(7-12-8)10-4-3-9(14)5-11(10)15-2;1-10-7-4-5(9)2-3-6(7)8;1-4-2-5-3-6-4/h3-8H,1-2H3;3-7,14H,1-2H3;2-4,9H,1H3;2-3H,1H3,(H,5,6). The van der Waals surface area contributed by atoms with E-state index in [1.807, 2.05) is 48.9 Å². The minimum Gasteiger partial charge on any atom is -0.508 e. The summed E-state index contributed by atoms with van der Waals surface area (Å²) in [6, 6.07) is 17.5. The summed E-state index contributed by atoms with van der Waals surface area (Å²) in [6.45, 7) is 3.89. The van der Waals surface area contributed by atoms with Crippen LogP contribution >= 0.6 is 15.9 Å². The third-order valence-corrected chi connectivity index (χ3v) is 7.56. The van der Waals surface area contributed by atoms with Crippen molar-refractivity contribution >= 4 is 37.7 Å². The van der Waals surface area contributed by atoms with Crippen LogP contribution in [-0.2, 0) is 0 Å². The number of ether oxygens (including phenoxy) is 4. The van der Waals surface area contributed by atoms with Crippen LogP contribution in [-0.4, -0.2) is 68.1 Å². The number of pyridine rings is 2. The Hall–Kier alpha value is -5.82. The van der Waals surface area contributed by atoms with E-state index in [1.54, 1.807) is 96.1 Å². The van der Waals surface area contributed by atoms with Gasteiger partial charge in [-0.15, -0.1) is 0 Å². The number of imidazole rings is 2.